The van der Waals surface area contributed by atoms with Crippen molar-refractivity contribution in [2.45, 2.75) is 18.4 Å². The lowest BCUT2D eigenvalue weighted by atomic mass is 9.88. The summed E-state index contributed by atoms with van der Waals surface area (Å²) in [6.45, 7) is 4.97. The number of amides is 1. The fourth-order valence-electron chi connectivity index (χ4n) is 2.67. The van der Waals surface area contributed by atoms with E-state index in [0.29, 0.717) is 31.2 Å². The molecule has 1 aliphatic heterocycles. The zero-order valence-electron chi connectivity index (χ0n) is 11.4. The van der Waals surface area contributed by atoms with Crippen LogP contribution in [0.25, 0.3) is 0 Å². The molecule has 1 heterocycles. The quantitative estimate of drug-likeness (QED) is 0.833. The Morgan fingerprint density at radius 2 is 2.05 bits per heavy atom. The molecule has 0 aromatic heterocycles. The molecule has 0 spiro atoms. The summed E-state index contributed by atoms with van der Waals surface area (Å²) < 4.78 is 5.38. The van der Waals surface area contributed by atoms with Crippen molar-refractivity contribution in [3.63, 3.8) is 0 Å². The summed E-state index contributed by atoms with van der Waals surface area (Å²) in [5, 5.41) is 10.2. The third-order valence-electron chi connectivity index (χ3n) is 4.02. The predicted octanol–water partition coefficient (Wildman–Crippen LogP) is 1.85. The highest BCUT2D eigenvalue weighted by atomic mass is 16.5. The van der Waals surface area contributed by atoms with E-state index in [9.17, 15) is 9.90 Å². The molecule has 1 N–H and O–H groups in total. The zero-order valence-corrected chi connectivity index (χ0v) is 11.4. The molecule has 20 heavy (non-hydrogen) atoms. The second-order valence-electron chi connectivity index (χ2n) is 5.66. The summed E-state index contributed by atoms with van der Waals surface area (Å²) in [5.41, 5.74) is 0.0108. The van der Waals surface area contributed by atoms with Crippen molar-refractivity contribution in [3.05, 3.63) is 42.5 Å². The van der Waals surface area contributed by atoms with Gasteiger partial charge >= 0.3 is 0 Å². The normalized spacial score (nSPS) is 20.1. The Hall–Kier alpha value is -1.81. The molecule has 0 radical (unpaired) electrons. The molecule has 1 amide bonds. The molecule has 4 nitrogen and oxygen atoms in total. The monoisotopic (exact) mass is 273 g/mol. The molecule has 4 heteroatoms. The highest BCUT2D eigenvalue weighted by Crippen LogP contribution is 2.44. The molecule has 1 aromatic rings. The zero-order chi connectivity index (χ0) is 14.2. The number of β-amino-alcohol motifs (C(OH)–C–C–N with tert-alkyl or cyclic N) is 1. The molecule has 106 valence electrons. The van der Waals surface area contributed by atoms with E-state index >= 15 is 0 Å². The van der Waals surface area contributed by atoms with Crippen molar-refractivity contribution in [1.29, 1.82) is 0 Å². The van der Waals surface area contributed by atoms with E-state index in [1.807, 2.05) is 0 Å². The van der Waals surface area contributed by atoms with Crippen molar-refractivity contribution >= 4 is 5.91 Å². The van der Waals surface area contributed by atoms with E-state index in [0.717, 1.165) is 18.6 Å². The average Bonchev–Trinajstić information content (AvgIpc) is 3.26. The number of benzene rings is 1. The first-order valence-corrected chi connectivity index (χ1v) is 6.98. The first-order valence-electron chi connectivity index (χ1n) is 6.98. The molecular weight excluding hydrogens is 254 g/mol. The number of carbonyl (C=O) groups excluding carboxylic acids is 1. The molecule has 1 aliphatic carbocycles. The number of hydrogen-bond donors (Lipinski definition) is 1. The van der Waals surface area contributed by atoms with Crippen LogP contribution in [-0.4, -0.2) is 41.2 Å². The van der Waals surface area contributed by atoms with Crippen LogP contribution in [0.4, 0.5) is 0 Å². The third-order valence-corrected chi connectivity index (χ3v) is 4.02. The van der Waals surface area contributed by atoms with E-state index < -0.39 is 5.60 Å². The van der Waals surface area contributed by atoms with Gasteiger partial charge in [-0.05, 0) is 43.0 Å². The molecule has 2 aliphatic rings. The van der Waals surface area contributed by atoms with Crippen LogP contribution in [0.2, 0.25) is 0 Å². The van der Waals surface area contributed by atoms with Gasteiger partial charge in [0.05, 0.1) is 13.1 Å². The molecule has 1 saturated heterocycles. The molecule has 0 bridgehead atoms. The Balaban J connectivity index is 1.59. The van der Waals surface area contributed by atoms with Gasteiger partial charge in [-0.3, -0.25) is 4.79 Å². The second-order valence-corrected chi connectivity index (χ2v) is 5.66. The lowest BCUT2D eigenvalue weighted by Gasteiger charge is -2.47. The minimum Gasteiger partial charge on any atom is -0.490 e. The maximum atomic E-state index is 12.2. The first-order chi connectivity index (χ1) is 9.62. The van der Waals surface area contributed by atoms with Gasteiger partial charge in [-0.25, -0.2) is 0 Å². The smallest absolute Gasteiger partial charge is 0.254 e. The topological polar surface area (TPSA) is 49.8 Å². The van der Waals surface area contributed by atoms with E-state index in [-0.39, 0.29) is 5.91 Å². The lowest BCUT2D eigenvalue weighted by molar-refractivity contribution is -0.0958. The first kappa shape index (κ1) is 13.2. The van der Waals surface area contributed by atoms with Crippen LogP contribution in [0.15, 0.2) is 36.9 Å². The number of carbonyl (C=O) groups is 1. The predicted molar refractivity (Wildman–Crippen MR) is 75.7 cm³/mol. The summed E-state index contributed by atoms with van der Waals surface area (Å²) in [7, 11) is 0. The number of ether oxygens (including phenoxy) is 1. The highest BCUT2D eigenvalue weighted by molar-refractivity contribution is 5.95. The Kier molecular flexibility index (Phi) is 3.26. The van der Waals surface area contributed by atoms with E-state index in [2.05, 4.69) is 6.58 Å². The largest absolute Gasteiger partial charge is 0.490 e. The van der Waals surface area contributed by atoms with Gasteiger partial charge in [0.1, 0.15) is 18.0 Å². The van der Waals surface area contributed by atoms with Gasteiger partial charge < -0.3 is 14.7 Å². The van der Waals surface area contributed by atoms with E-state index in [1.165, 1.54) is 0 Å². The number of rotatable bonds is 5. The molecule has 1 aromatic carbocycles. The van der Waals surface area contributed by atoms with Gasteiger partial charge in [0.15, 0.2) is 0 Å². The number of nitrogens with zero attached hydrogens (tertiary/aromatic N) is 1. The van der Waals surface area contributed by atoms with Crippen LogP contribution in [0.5, 0.6) is 5.75 Å². The molecular formula is C16H19NO3. The molecule has 3 rings (SSSR count). The van der Waals surface area contributed by atoms with Crippen molar-refractivity contribution in [1.82, 2.24) is 4.90 Å². The summed E-state index contributed by atoms with van der Waals surface area (Å²) in [6.07, 6.45) is 3.86. The van der Waals surface area contributed by atoms with Crippen LogP contribution in [-0.2, 0) is 0 Å². The molecule has 0 unspecified atom stereocenters. The molecule has 2 fully saturated rings. The minimum absolute atomic E-state index is 0.0226. The lowest BCUT2D eigenvalue weighted by Crippen LogP contribution is -2.64. The van der Waals surface area contributed by atoms with Crippen LogP contribution in [0, 0.1) is 5.92 Å². The van der Waals surface area contributed by atoms with Crippen LogP contribution in [0.1, 0.15) is 23.2 Å². The average molecular weight is 273 g/mol. The second kappa shape index (κ2) is 4.94. The van der Waals surface area contributed by atoms with Crippen LogP contribution >= 0.6 is 0 Å². The SMILES string of the molecule is C=CCOc1ccc(C(=O)N2CC(O)(C3CC3)C2)cc1. The molecule has 0 atom stereocenters. The summed E-state index contributed by atoms with van der Waals surface area (Å²) >= 11 is 0. The fourth-order valence-corrected chi connectivity index (χ4v) is 2.67. The standard InChI is InChI=1S/C16H19NO3/c1-2-9-20-14-7-3-12(4-8-14)15(18)17-10-16(19,11-17)13-5-6-13/h2-4,7-8,13,19H,1,5-6,9-11H2. The molecule has 1 saturated carbocycles. The Morgan fingerprint density at radius 3 is 2.60 bits per heavy atom. The highest BCUT2D eigenvalue weighted by Gasteiger charge is 2.53. The Labute approximate surface area is 118 Å². The van der Waals surface area contributed by atoms with Gasteiger partial charge in [0, 0.05) is 5.56 Å². The fraction of sp³-hybridized carbons (Fsp3) is 0.438. The maximum Gasteiger partial charge on any atom is 0.254 e. The van der Waals surface area contributed by atoms with Crippen molar-refractivity contribution in [3.8, 4) is 5.75 Å². The van der Waals surface area contributed by atoms with Crippen molar-refractivity contribution < 1.29 is 14.6 Å². The summed E-state index contributed by atoms with van der Waals surface area (Å²) in [4.78, 5) is 13.9. The third kappa shape index (κ3) is 2.43. The van der Waals surface area contributed by atoms with Crippen LogP contribution in [0.3, 0.4) is 0 Å². The summed E-state index contributed by atoms with van der Waals surface area (Å²) in [5.74, 6) is 1.10. The maximum absolute atomic E-state index is 12.2. The minimum atomic E-state index is -0.622. The van der Waals surface area contributed by atoms with Crippen molar-refractivity contribution in [2.24, 2.45) is 5.92 Å². The Morgan fingerprint density at radius 1 is 1.40 bits per heavy atom. The van der Waals surface area contributed by atoms with Gasteiger partial charge in [0.25, 0.3) is 5.91 Å². The van der Waals surface area contributed by atoms with Gasteiger partial charge in [-0.2, -0.15) is 0 Å². The van der Waals surface area contributed by atoms with E-state index in [4.69, 9.17) is 4.74 Å². The number of hydrogen-bond acceptors (Lipinski definition) is 3. The van der Waals surface area contributed by atoms with Gasteiger partial charge in [0.2, 0.25) is 0 Å². The van der Waals surface area contributed by atoms with Crippen LogP contribution < -0.4 is 4.74 Å². The van der Waals surface area contributed by atoms with Gasteiger partial charge in [-0.1, -0.05) is 12.7 Å². The van der Waals surface area contributed by atoms with Gasteiger partial charge in [-0.15, -0.1) is 0 Å². The van der Waals surface area contributed by atoms with Crippen molar-refractivity contribution in [2.75, 3.05) is 19.7 Å². The number of likely N-dealkylation sites (tertiary alicyclic amines) is 1. The van der Waals surface area contributed by atoms with E-state index in [1.54, 1.807) is 35.2 Å². The Bertz CT molecular complexity index is 513. The number of aliphatic hydroxyl groups is 1. The summed E-state index contributed by atoms with van der Waals surface area (Å²) in [6, 6.07) is 7.08.